The third-order valence-corrected chi connectivity index (χ3v) is 7.48. The number of benzene rings is 1. The molecule has 0 aliphatic carbocycles. The first-order valence-electron chi connectivity index (χ1n) is 11.8. The Morgan fingerprint density at radius 3 is 2.73 bits per heavy atom. The lowest BCUT2D eigenvalue weighted by Gasteiger charge is -2.33. The molecule has 5 heterocycles. The molecule has 3 aliphatic heterocycles. The molecule has 3 aromatic rings. The predicted molar refractivity (Wildman–Crippen MR) is 126 cm³/mol. The molecule has 33 heavy (non-hydrogen) atoms. The van der Waals surface area contributed by atoms with Crippen molar-refractivity contribution in [2.24, 2.45) is 7.05 Å². The Balaban J connectivity index is 1.42. The van der Waals surface area contributed by atoms with Crippen molar-refractivity contribution in [1.82, 2.24) is 24.5 Å². The number of amides is 1. The van der Waals surface area contributed by atoms with Crippen LogP contribution in [0.2, 0.25) is 0 Å². The number of carbonyl (C=O) groups is 1. The normalized spacial score (nSPS) is 18.2. The Bertz CT molecular complexity index is 1240. The van der Waals surface area contributed by atoms with E-state index in [1.165, 1.54) is 39.3 Å². The zero-order valence-corrected chi connectivity index (χ0v) is 19.5. The fourth-order valence-corrected chi connectivity index (χ4v) is 5.35. The van der Waals surface area contributed by atoms with E-state index in [0.717, 1.165) is 38.2 Å². The molecule has 1 saturated heterocycles. The predicted octanol–water partition coefficient (Wildman–Crippen LogP) is 3.15. The summed E-state index contributed by atoms with van der Waals surface area (Å²) in [6.07, 6.45) is 4.93. The van der Waals surface area contributed by atoms with Gasteiger partial charge in [0.15, 0.2) is 5.82 Å². The zero-order valence-electron chi connectivity index (χ0n) is 19.5. The summed E-state index contributed by atoms with van der Waals surface area (Å²) in [7, 11) is 1.98. The molecule has 8 nitrogen and oxygen atoms in total. The number of aromatic nitrogens is 4. The fraction of sp³-hybridized carbons (Fsp3) is 0.480. The second-order valence-electron chi connectivity index (χ2n) is 9.44. The molecule has 1 fully saturated rings. The summed E-state index contributed by atoms with van der Waals surface area (Å²) in [6.45, 7) is 7.52. The summed E-state index contributed by atoms with van der Waals surface area (Å²) >= 11 is 0. The Morgan fingerprint density at radius 2 is 2.03 bits per heavy atom. The van der Waals surface area contributed by atoms with Crippen LogP contribution in [0.1, 0.15) is 41.9 Å². The van der Waals surface area contributed by atoms with Crippen molar-refractivity contribution in [3.05, 3.63) is 46.9 Å². The molecule has 6 rings (SSSR count). The summed E-state index contributed by atoms with van der Waals surface area (Å²) in [5.41, 5.74) is 8.60. The first-order chi connectivity index (χ1) is 16.0. The molecule has 8 heteroatoms. The fourth-order valence-electron chi connectivity index (χ4n) is 5.35. The SMILES string of the molecule is CC(=O)N1CCc2c(c(N3CCCc4cc(-c5cnn(C)c5C)ccc43)nn2C2COC2)C1. The van der Waals surface area contributed by atoms with E-state index in [9.17, 15) is 4.79 Å². The van der Waals surface area contributed by atoms with Crippen LogP contribution in [-0.2, 0) is 36.0 Å². The van der Waals surface area contributed by atoms with Crippen LogP contribution in [0.25, 0.3) is 11.1 Å². The molecule has 0 unspecified atom stereocenters. The highest BCUT2D eigenvalue weighted by Gasteiger charge is 2.34. The molecule has 1 aromatic carbocycles. The van der Waals surface area contributed by atoms with Crippen LogP contribution in [0.4, 0.5) is 11.5 Å². The van der Waals surface area contributed by atoms with Crippen LogP contribution in [0.3, 0.4) is 0 Å². The Morgan fingerprint density at radius 1 is 1.18 bits per heavy atom. The molecule has 1 amide bonds. The molecule has 0 saturated carbocycles. The van der Waals surface area contributed by atoms with Crippen molar-refractivity contribution in [2.45, 2.75) is 45.7 Å². The molecular formula is C25H30N6O2. The lowest BCUT2D eigenvalue weighted by Crippen LogP contribution is -2.37. The van der Waals surface area contributed by atoms with Gasteiger partial charge in [0.25, 0.3) is 0 Å². The van der Waals surface area contributed by atoms with Crippen molar-refractivity contribution in [1.29, 1.82) is 0 Å². The van der Waals surface area contributed by atoms with E-state index in [4.69, 9.17) is 9.84 Å². The second-order valence-corrected chi connectivity index (χ2v) is 9.44. The smallest absolute Gasteiger partial charge is 0.219 e. The summed E-state index contributed by atoms with van der Waals surface area (Å²) < 4.78 is 9.58. The molecule has 3 aliphatic rings. The van der Waals surface area contributed by atoms with Crippen LogP contribution in [0.15, 0.2) is 24.4 Å². The molecule has 0 bridgehead atoms. The topological polar surface area (TPSA) is 68.4 Å². The highest BCUT2D eigenvalue weighted by atomic mass is 16.5. The van der Waals surface area contributed by atoms with Gasteiger partial charge < -0.3 is 14.5 Å². The van der Waals surface area contributed by atoms with Crippen LogP contribution < -0.4 is 4.90 Å². The minimum Gasteiger partial charge on any atom is -0.377 e. The molecule has 2 aromatic heterocycles. The Hall–Kier alpha value is -3.13. The van der Waals surface area contributed by atoms with Gasteiger partial charge in [-0.05, 0) is 43.0 Å². The van der Waals surface area contributed by atoms with Crippen LogP contribution in [0.5, 0.6) is 0 Å². The van der Waals surface area contributed by atoms with E-state index in [1.54, 1.807) is 6.92 Å². The standard InChI is InChI=1S/C25H30N6O2/c1-16-21(12-26-28(16)3)18-6-7-23-19(11-18)5-4-9-30(23)25-22-13-29(17(2)32)10-8-24(22)31(27-25)20-14-33-15-20/h6-7,11-12,20H,4-5,8-10,13-15H2,1-3H3. The van der Waals surface area contributed by atoms with Gasteiger partial charge in [-0.2, -0.15) is 10.2 Å². The molecule has 0 radical (unpaired) electrons. The number of anilines is 2. The minimum atomic E-state index is 0.127. The van der Waals surface area contributed by atoms with E-state index in [1.807, 2.05) is 22.8 Å². The zero-order chi connectivity index (χ0) is 22.7. The molecule has 0 N–H and O–H groups in total. The molecular weight excluding hydrogens is 416 g/mol. The minimum absolute atomic E-state index is 0.127. The number of aryl methyl sites for hydroxylation is 2. The van der Waals surface area contributed by atoms with Crippen molar-refractivity contribution in [3.8, 4) is 11.1 Å². The number of hydrogen-bond donors (Lipinski definition) is 0. The third-order valence-electron chi connectivity index (χ3n) is 7.48. The maximum absolute atomic E-state index is 12.2. The van der Waals surface area contributed by atoms with E-state index in [0.29, 0.717) is 25.8 Å². The molecule has 172 valence electrons. The third kappa shape index (κ3) is 3.27. The maximum atomic E-state index is 12.2. The summed E-state index contributed by atoms with van der Waals surface area (Å²) in [6, 6.07) is 7.05. The largest absolute Gasteiger partial charge is 0.377 e. The van der Waals surface area contributed by atoms with Gasteiger partial charge in [-0.15, -0.1) is 0 Å². The van der Waals surface area contributed by atoms with Crippen LogP contribution in [0, 0.1) is 6.92 Å². The number of fused-ring (bicyclic) bond motifs is 2. The lowest BCUT2D eigenvalue weighted by molar-refractivity contribution is -0.129. The average molecular weight is 447 g/mol. The number of carbonyl (C=O) groups excluding carboxylic acids is 1. The Kier molecular flexibility index (Phi) is 4.79. The van der Waals surface area contributed by atoms with Gasteiger partial charge >= 0.3 is 0 Å². The average Bonchev–Trinajstić information content (AvgIpc) is 3.31. The second kappa shape index (κ2) is 7.73. The van der Waals surface area contributed by atoms with Gasteiger partial charge in [0.1, 0.15) is 0 Å². The molecule has 0 spiro atoms. The quantitative estimate of drug-likeness (QED) is 0.618. The van der Waals surface area contributed by atoms with E-state index < -0.39 is 0 Å². The number of nitrogens with zero attached hydrogens (tertiary/aromatic N) is 6. The number of rotatable bonds is 3. The molecule has 0 atom stereocenters. The number of ether oxygens (including phenoxy) is 1. The van der Waals surface area contributed by atoms with E-state index in [-0.39, 0.29) is 5.91 Å². The van der Waals surface area contributed by atoms with Gasteiger partial charge in [0.05, 0.1) is 32.0 Å². The van der Waals surface area contributed by atoms with Gasteiger partial charge in [0.2, 0.25) is 5.91 Å². The van der Waals surface area contributed by atoms with E-state index >= 15 is 0 Å². The maximum Gasteiger partial charge on any atom is 0.219 e. The Labute approximate surface area is 193 Å². The first kappa shape index (κ1) is 20.5. The highest BCUT2D eigenvalue weighted by molar-refractivity contribution is 5.76. The van der Waals surface area contributed by atoms with Crippen LogP contribution >= 0.6 is 0 Å². The van der Waals surface area contributed by atoms with Crippen LogP contribution in [-0.4, -0.2) is 56.7 Å². The summed E-state index contributed by atoms with van der Waals surface area (Å²) in [5, 5.41) is 9.56. The summed E-state index contributed by atoms with van der Waals surface area (Å²) in [4.78, 5) is 16.5. The van der Waals surface area contributed by atoms with Gasteiger partial charge in [-0.3, -0.25) is 14.2 Å². The van der Waals surface area contributed by atoms with Gasteiger partial charge in [-0.25, -0.2) is 0 Å². The van der Waals surface area contributed by atoms with Gasteiger partial charge in [-0.1, -0.05) is 6.07 Å². The van der Waals surface area contributed by atoms with Crippen molar-refractivity contribution in [2.75, 3.05) is 31.2 Å². The first-order valence-corrected chi connectivity index (χ1v) is 11.8. The van der Waals surface area contributed by atoms with Crippen molar-refractivity contribution >= 4 is 17.4 Å². The van der Waals surface area contributed by atoms with E-state index in [2.05, 4.69) is 39.8 Å². The lowest BCUT2D eigenvalue weighted by atomic mass is 9.96. The van der Waals surface area contributed by atoms with Crippen molar-refractivity contribution < 1.29 is 9.53 Å². The number of hydrogen-bond acceptors (Lipinski definition) is 5. The van der Waals surface area contributed by atoms with Gasteiger partial charge in [0, 0.05) is 61.7 Å². The van der Waals surface area contributed by atoms with Crippen molar-refractivity contribution in [3.63, 3.8) is 0 Å². The summed E-state index contributed by atoms with van der Waals surface area (Å²) in [5.74, 6) is 1.14. The highest BCUT2D eigenvalue weighted by Crippen LogP contribution is 2.40. The monoisotopic (exact) mass is 446 g/mol.